The molecular weight excluding hydrogens is 285 g/mol. The standard InChI is InChI=1S/C11H18N3O5P/c1-2-17-11(15)9-14-10-20(16,18-7-3-5-12)19-8-4-6-13/h14H,2-4,7-10H2,1H3. The van der Waals surface area contributed by atoms with Crippen molar-refractivity contribution in [3.8, 4) is 12.1 Å². The number of carbonyl (C=O) groups excluding carboxylic acids is 1. The van der Waals surface area contributed by atoms with Gasteiger partial charge in [0, 0.05) is 0 Å². The van der Waals surface area contributed by atoms with Gasteiger partial charge < -0.3 is 13.8 Å². The summed E-state index contributed by atoms with van der Waals surface area (Å²) in [5, 5.41) is 19.4. The van der Waals surface area contributed by atoms with Crippen LogP contribution >= 0.6 is 7.60 Å². The van der Waals surface area contributed by atoms with Crippen LogP contribution in [0, 0.1) is 22.7 Å². The van der Waals surface area contributed by atoms with Crippen LogP contribution in [0.3, 0.4) is 0 Å². The highest BCUT2D eigenvalue weighted by atomic mass is 31.2. The fourth-order valence-electron chi connectivity index (χ4n) is 1.10. The highest BCUT2D eigenvalue weighted by Gasteiger charge is 2.24. The molecule has 0 heterocycles. The molecule has 0 unspecified atom stereocenters. The lowest BCUT2D eigenvalue weighted by Gasteiger charge is -2.17. The number of esters is 1. The first-order chi connectivity index (χ1) is 9.58. The van der Waals surface area contributed by atoms with Gasteiger partial charge in [-0.1, -0.05) is 0 Å². The van der Waals surface area contributed by atoms with Crippen LogP contribution in [0.1, 0.15) is 19.8 Å². The molecule has 0 fully saturated rings. The van der Waals surface area contributed by atoms with Crippen molar-refractivity contribution in [3.63, 3.8) is 0 Å². The third kappa shape index (κ3) is 9.48. The summed E-state index contributed by atoms with van der Waals surface area (Å²) in [6, 6.07) is 3.70. The molecule has 0 aromatic heterocycles. The van der Waals surface area contributed by atoms with Gasteiger partial charge in [-0.25, -0.2) is 0 Å². The number of carbonyl (C=O) groups is 1. The second-order valence-electron chi connectivity index (χ2n) is 3.48. The SMILES string of the molecule is CCOC(=O)CNCP(=O)(OCCC#N)OCCC#N. The lowest BCUT2D eigenvalue weighted by molar-refractivity contribution is -0.141. The van der Waals surface area contributed by atoms with Gasteiger partial charge in [-0.05, 0) is 6.92 Å². The third-order valence-corrected chi connectivity index (χ3v) is 3.65. The van der Waals surface area contributed by atoms with E-state index in [0.717, 1.165) is 0 Å². The number of nitrogens with zero attached hydrogens (tertiary/aromatic N) is 2. The number of hydrogen-bond acceptors (Lipinski definition) is 8. The summed E-state index contributed by atoms with van der Waals surface area (Å²) in [7, 11) is -3.48. The van der Waals surface area contributed by atoms with Crippen LogP contribution < -0.4 is 5.32 Å². The van der Waals surface area contributed by atoms with Gasteiger partial charge in [0.15, 0.2) is 0 Å². The van der Waals surface area contributed by atoms with Crippen LogP contribution in [0.25, 0.3) is 0 Å². The van der Waals surface area contributed by atoms with Crippen LogP contribution in [0.4, 0.5) is 0 Å². The van der Waals surface area contributed by atoms with Gasteiger partial charge in [0.2, 0.25) is 0 Å². The Balaban J connectivity index is 4.23. The minimum absolute atomic E-state index is 0.0403. The molecule has 112 valence electrons. The number of rotatable bonds is 11. The first kappa shape index (κ1) is 18.6. The molecule has 0 radical (unpaired) electrons. The van der Waals surface area contributed by atoms with E-state index < -0.39 is 13.6 Å². The van der Waals surface area contributed by atoms with E-state index in [1.165, 1.54) is 0 Å². The molecule has 20 heavy (non-hydrogen) atoms. The minimum Gasteiger partial charge on any atom is -0.465 e. The van der Waals surface area contributed by atoms with Crippen LogP contribution in [-0.4, -0.2) is 38.6 Å². The lowest BCUT2D eigenvalue weighted by Crippen LogP contribution is -2.26. The zero-order valence-corrected chi connectivity index (χ0v) is 12.2. The Morgan fingerprint density at radius 1 is 1.20 bits per heavy atom. The molecule has 0 aliphatic carbocycles. The number of ether oxygens (including phenoxy) is 1. The van der Waals surface area contributed by atoms with Gasteiger partial charge in [0.1, 0.15) is 0 Å². The van der Waals surface area contributed by atoms with Gasteiger partial charge in [0.05, 0.1) is 57.6 Å². The highest BCUT2D eigenvalue weighted by Crippen LogP contribution is 2.47. The maximum atomic E-state index is 12.2. The monoisotopic (exact) mass is 303 g/mol. The Labute approximate surface area is 118 Å². The number of nitriles is 2. The molecule has 8 nitrogen and oxygen atoms in total. The highest BCUT2D eigenvalue weighted by molar-refractivity contribution is 7.53. The van der Waals surface area contributed by atoms with Crippen LogP contribution in [0.15, 0.2) is 0 Å². The van der Waals surface area contributed by atoms with Gasteiger partial charge in [-0.3, -0.25) is 14.7 Å². The lowest BCUT2D eigenvalue weighted by atomic mass is 10.5. The van der Waals surface area contributed by atoms with Gasteiger partial charge in [0.25, 0.3) is 0 Å². The molecule has 0 saturated heterocycles. The van der Waals surface area contributed by atoms with Crippen molar-refractivity contribution in [1.29, 1.82) is 10.5 Å². The van der Waals surface area contributed by atoms with E-state index in [2.05, 4.69) is 5.32 Å². The summed E-state index contributed by atoms with van der Waals surface area (Å²) in [5.74, 6) is -0.479. The summed E-state index contributed by atoms with van der Waals surface area (Å²) in [4.78, 5) is 11.1. The Morgan fingerprint density at radius 3 is 2.20 bits per heavy atom. The zero-order chi connectivity index (χ0) is 15.3. The van der Waals surface area contributed by atoms with E-state index in [0.29, 0.717) is 0 Å². The Morgan fingerprint density at radius 2 is 1.75 bits per heavy atom. The van der Waals surface area contributed by atoms with Crippen molar-refractivity contribution in [3.05, 3.63) is 0 Å². The van der Waals surface area contributed by atoms with E-state index in [4.69, 9.17) is 24.3 Å². The Kier molecular flexibility index (Phi) is 10.6. The van der Waals surface area contributed by atoms with Gasteiger partial charge in [-0.2, -0.15) is 10.5 Å². The van der Waals surface area contributed by atoms with Crippen molar-refractivity contribution in [2.45, 2.75) is 19.8 Å². The van der Waals surface area contributed by atoms with Crippen LogP contribution in [-0.2, 0) is 23.1 Å². The molecule has 0 bridgehead atoms. The molecule has 1 N–H and O–H groups in total. The molecule has 0 aromatic rings. The average Bonchev–Trinajstić information content (AvgIpc) is 2.40. The summed E-state index contributed by atoms with van der Waals surface area (Å²) in [6.07, 6.45) is -0.0460. The summed E-state index contributed by atoms with van der Waals surface area (Å²) in [5.41, 5.74) is 0. The van der Waals surface area contributed by atoms with Gasteiger partial charge >= 0.3 is 13.6 Å². The maximum Gasteiger partial charge on any atom is 0.344 e. The molecule has 0 aromatic carbocycles. The quantitative estimate of drug-likeness (QED) is 0.342. The second kappa shape index (κ2) is 11.4. The number of hydrogen-bond donors (Lipinski definition) is 1. The van der Waals surface area contributed by atoms with E-state index in [1.807, 2.05) is 12.1 Å². The van der Waals surface area contributed by atoms with Crippen molar-refractivity contribution in [2.24, 2.45) is 0 Å². The van der Waals surface area contributed by atoms with Crippen molar-refractivity contribution in [2.75, 3.05) is 32.7 Å². The first-order valence-corrected chi connectivity index (χ1v) is 7.79. The predicted molar refractivity (Wildman–Crippen MR) is 69.5 cm³/mol. The fourth-order valence-corrected chi connectivity index (χ4v) is 2.48. The first-order valence-electron chi connectivity index (χ1n) is 6.06. The molecule has 0 aliphatic rings. The minimum atomic E-state index is -3.48. The smallest absolute Gasteiger partial charge is 0.344 e. The predicted octanol–water partition coefficient (Wildman–Crippen LogP) is 1.15. The van der Waals surface area contributed by atoms with E-state index in [9.17, 15) is 9.36 Å². The zero-order valence-electron chi connectivity index (χ0n) is 11.3. The van der Waals surface area contributed by atoms with E-state index in [1.54, 1.807) is 6.92 Å². The summed E-state index contributed by atoms with van der Waals surface area (Å²) >= 11 is 0. The van der Waals surface area contributed by atoms with Crippen LogP contribution in [0.2, 0.25) is 0 Å². The molecule has 0 atom stereocenters. The summed E-state index contributed by atoms with van der Waals surface area (Å²) < 4.78 is 27.0. The van der Waals surface area contributed by atoms with Crippen LogP contribution in [0.5, 0.6) is 0 Å². The normalized spacial score (nSPS) is 10.6. The summed E-state index contributed by atoms with van der Waals surface area (Å²) in [6.45, 7) is 1.73. The molecule has 9 heteroatoms. The number of nitrogens with one attached hydrogen (secondary N) is 1. The molecule has 0 spiro atoms. The maximum absolute atomic E-state index is 12.2. The van der Waals surface area contributed by atoms with E-state index >= 15 is 0 Å². The average molecular weight is 303 g/mol. The van der Waals surface area contributed by atoms with Crippen molar-refractivity contribution in [1.82, 2.24) is 5.32 Å². The van der Waals surface area contributed by atoms with Crippen molar-refractivity contribution < 1.29 is 23.1 Å². The largest absolute Gasteiger partial charge is 0.465 e. The topological polar surface area (TPSA) is 121 Å². The Bertz CT molecular complexity index is 391. The van der Waals surface area contributed by atoms with Crippen molar-refractivity contribution >= 4 is 13.6 Å². The van der Waals surface area contributed by atoms with E-state index in [-0.39, 0.29) is 45.5 Å². The molecule has 0 rings (SSSR count). The molecular formula is C11H18N3O5P. The molecule has 0 aliphatic heterocycles. The Hall–Kier alpha value is -1.44. The molecule has 0 amide bonds. The third-order valence-electron chi connectivity index (χ3n) is 1.88. The van der Waals surface area contributed by atoms with Gasteiger partial charge in [-0.15, -0.1) is 0 Å². The fraction of sp³-hybridized carbons (Fsp3) is 0.727. The molecule has 0 saturated carbocycles. The second-order valence-corrected chi connectivity index (χ2v) is 5.54.